The normalized spacial score (nSPS) is 12.4. The molecule has 1 amide bonds. The van der Waals surface area contributed by atoms with Gasteiger partial charge in [-0.2, -0.15) is 0 Å². The highest BCUT2D eigenvalue weighted by Crippen LogP contribution is 2.05. The molecule has 3 N–H and O–H groups in total. The molecule has 1 unspecified atom stereocenters. The second-order valence-electron chi connectivity index (χ2n) is 6.07. The van der Waals surface area contributed by atoms with Gasteiger partial charge in [-0.15, -0.1) is 5.10 Å². The van der Waals surface area contributed by atoms with Crippen molar-refractivity contribution in [2.75, 3.05) is 6.54 Å². The minimum absolute atomic E-state index is 0.0126. The van der Waals surface area contributed by atoms with E-state index in [4.69, 9.17) is 5.73 Å². The Morgan fingerprint density at radius 2 is 2.09 bits per heavy atom. The average Bonchev–Trinajstić information content (AvgIpc) is 2.99. The zero-order valence-corrected chi connectivity index (χ0v) is 14.4. The first kappa shape index (κ1) is 19.3. The van der Waals surface area contributed by atoms with Crippen molar-refractivity contribution in [2.45, 2.75) is 65.5 Å². The Balaban J connectivity index is 2.09. The molecule has 130 valence electrons. The predicted molar refractivity (Wildman–Crippen MR) is 88.7 cm³/mol. The second kappa shape index (κ2) is 10.1. The topological polar surface area (TPSA) is 103 Å². The van der Waals surface area contributed by atoms with Crippen molar-refractivity contribution in [3.63, 3.8) is 0 Å². The molecule has 0 aromatic carbocycles. The number of rotatable bonds is 11. The summed E-state index contributed by atoms with van der Waals surface area (Å²) in [6.07, 6.45) is 5.21. The maximum absolute atomic E-state index is 11.7. The third-order valence-electron chi connectivity index (χ3n) is 3.72. The van der Waals surface area contributed by atoms with Gasteiger partial charge < -0.3 is 11.1 Å². The minimum atomic E-state index is -0.383. The summed E-state index contributed by atoms with van der Waals surface area (Å²) < 4.78 is 1.74. The van der Waals surface area contributed by atoms with Gasteiger partial charge in [0.25, 0.3) is 0 Å². The summed E-state index contributed by atoms with van der Waals surface area (Å²) in [7, 11) is 0. The van der Waals surface area contributed by atoms with E-state index in [1.807, 2.05) is 27.0 Å². The first-order valence-electron chi connectivity index (χ1n) is 8.39. The number of amides is 1. The second-order valence-corrected chi connectivity index (χ2v) is 6.07. The van der Waals surface area contributed by atoms with Crippen LogP contribution in [0.4, 0.5) is 0 Å². The molecular weight excluding hydrogens is 294 g/mol. The lowest BCUT2D eigenvalue weighted by Gasteiger charge is -2.12. The summed E-state index contributed by atoms with van der Waals surface area (Å²) in [5, 5.41) is 10.8. The third kappa shape index (κ3) is 7.36. The summed E-state index contributed by atoms with van der Waals surface area (Å²) in [5.74, 6) is 0.100. The van der Waals surface area contributed by atoms with Crippen molar-refractivity contribution >= 4 is 11.7 Å². The summed E-state index contributed by atoms with van der Waals surface area (Å²) in [5.41, 5.74) is 6.67. The van der Waals surface area contributed by atoms with Gasteiger partial charge in [0.1, 0.15) is 0 Å². The van der Waals surface area contributed by atoms with Crippen LogP contribution in [0.3, 0.4) is 0 Å². The van der Waals surface area contributed by atoms with Gasteiger partial charge in [0.05, 0.1) is 11.7 Å². The highest BCUT2D eigenvalue weighted by Gasteiger charge is 2.16. The SMILES string of the molecule is CCn1cc(CCC(=O)NCCCCC(N)C(=O)C(C)C)nn1. The fraction of sp³-hybridized carbons (Fsp3) is 0.750. The zero-order chi connectivity index (χ0) is 17.2. The molecule has 0 saturated heterocycles. The van der Waals surface area contributed by atoms with Crippen LogP contribution in [0.15, 0.2) is 6.20 Å². The van der Waals surface area contributed by atoms with Crippen LogP contribution in [0, 0.1) is 5.92 Å². The van der Waals surface area contributed by atoms with Crippen molar-refractivity contribution in [2.24, 2.45) is 11.7 Å². The summed E-state index contributed by atoms with van der Waals surface area (Å²) in [6.45, 7) is 7.11. The van der Waals surface area contributed by atoms with Crippen LogP contribution in [0.1, 0.15) is 52.1 Å². The zero-order valence-electron chi connectivity index (χ0n) is 14.4. The van der Waals surface area contributed by atoms with Gasteiger partial charge in [-0.25, -0.2) is 0 Å². The molecule has 0 aliphatic heterocycles. The summed E-state index contributed by atoms with van der Waals surface area (Å²) in [6, 6.07) is -0.383. The monoisotopic (exact) mass is 323 g/mol. The van der Waals surface area contributed by atoms with Gasteiger partial charge in [0.15, 0.2) is 5.78 Å². The molecule has 0 saturated carbocycles. The van der Waals surface area contributed by atoms with Gasteiger partial charge in [-0.1, -0.05) is 19.1 Å². The van der Waals surface area contributed by atoms with Crippen molar-refractivity contribution in [1.82, 2.24) is 20.3 Å². The van der Waals surface area contributed by atoms with E-state index in [0.29, 0.717) is 25.8 Å². The number of nitrogens with two attached hydrogens (primary N) is 1. The standard InChI is InChI=1S/C16H29N5O2/c1-4-21-11-13(19-20-21)8-9-15(22)18-10-6-5-7-14(17)16(23)12(2)3/h11-12,14H,4-10,17H2,1-3H3,(H,18,22). The maximum Gasteiger partial charge on any atom is 0.220 e. The van der Waals surface area contributed by atoms with Gasteiger partial charge >= 0.3 is 0 Å². The number of hydrogen-bond acceptors (Lipinski definition) is 5. The van der Waals surface area contributed by atoms with Crippen molar-refractivity contribution in [3.05, 3.63) is 11.9 Å². The molecule has 0 fully saturated rings. The third-order valence-corrected chi connectivity index (χ3v) is 3.72. The number of ketones is 1. The molecule has 7 nitrogen and oxygen atoms in total. The van der Waals surface area contributed by atoms with Crippen LogP contribution in [0.25, 0.3) is 0 Å². The number of aryl methyl sites for hydroxylation is 2. The Morgan fingerprint density at radius 1 is 1.35 bits per heavy atom. The van der Waals surface area contributed by atoms with Crippen molar-refractivity contribution in [1.29, 1.82) is 0 Å². The Morgan fingerprint density at radius 3 is 2.70 bits per heavy atom. The van der Waals surface area contributed by atoms with E-state index in [1.54, 1.807) is 4.68 Å². The largest absolute Gasteiger partial charge is 0.356 e. The molecule has 1 aromatic heterocycles. The van der Waals surface area contributed by atoms with Crippen molar-refractivity contribution in [3.8, 4) is 0 Å². The Labute approximate surface area is 138 Å². The number of carbonyl (C=O) groups is 2. The van der Waals surface area contributed by atoms with Crippen LogP contribution >= 0.6 is 0 Å². The van der Waals surface area contributed by atoms with Gasteiger partial charge in [-0.3, -0.25) is 14.3 Å². The number of nitrogens with zero attached hydrogens (tertiary/aromatic N) is 3. The fourth-order valence-corrected chi connectivity index (χ4v) is 2.23. The van der Waals surface area contributed by atoms with Crippen LogP contribution in [-0.2, 0) is 22.6 Å². The maximum atomic E-state index is 11.7. The van der Waals surface area contributed by atoms with Gasteiger partial charge in [0, 0.05) is 38.0 Å². The van der Waals surface area contributed by atoms with Crippen LogP contribution in [0.2, 0.25) is 0 Å². The predicted octanol–water partition coefficient (Wildman–Crippen LogP) is 1.07. The Hall–Kier alpha value is -1.76. The van der Waals surface area contributed by atoms with E-state index < -0.39 is 0 Å². The molecule has 1 aromatic rings. The van der Waals surface area contributed by atoms with Gasteiger partial charge in [0.2, 0.25) is 5.91 Å². The number of aromatic nitrogens is 3. The lowest BCUT2D eigenvalue weighted by molar-refractivity contribution is -0.123. The van der Waals surface area contributed by atoms with E-state index in [0.717, 1.165) is 25.1 Å². The fourth-order valence-electron chi connectivity index (χ4n) is 2.23. The smallest absolute Gasteiger partial charge is 0.220 e. The quantitative estimate of drug-likeness (QED) is 0.593. The van der Waals surface area contributed by atoms with E-state index in [-0.39, 0.29) is 23.7 Å². The molecule has 0 aliphatic rings. The average molecular weight is 323 g/mol. The molecule has 0 bridgehead atoms. The first-order valence-corrected chi connectivity index (χ1v) is 8.39. The highest BCUT2D eigenvalue weighted by molar-refractivity contribution is 5.85. The minimum Gasteiger partial charge on any atom is -0.356 e. The molecule has 23 heavy (non-hydrogen) atoms. The molecule has 0 radical (unpaired) electrons. The summed E-state index contributed by atoms with van der Waals surface area (Å²) in [4.78, 5) is 23.4. The number of Topliss-reactive ketones (excluding diaryl/α,β-unsaturated/α-hetero) is 1. The lowest BCUT2D eigenvalue weighted by atomic mass is 9.98. The van der Waals surface area contributed by atoms with E-state index in [9.17, 15) is 9.59 Å². The van der Waals surface area contributed by atoms with E-state index in [1.165, 1.54) is 0 Å². The van der Waals surface area contributed by atoms with E-state index >= 15 is 0 Å². The number of hydrogen-bond donors (Lipinski definition) is 2. The van der Waals surface area contributed by atoms with E-state index in [2.05, 4.69) is 15.6 Å². The van der Waals surface area contributed by atoms with Crippen LogP contribution in [-0.4, -0.2) is 39.3 Å². The molecule has 1 atom stereocenters. The highest BCUT2D eigenvalue weighted by atomic mass is 16.1. The molecular formula is C16H29N5O2. The lowest BCUT2D eigenvalue weighted by Crippen LogP contribution is -2.33. The number of carbonyl (C=O) groups excluding carboxylic acids is 2. The molecule has 7 heteroatoms. The van der Waals surface area contributed by atoms with Crippen LogP contribution in [0.5, 0.6) is 0 Å². The van der Waals surface area contributed by atoms with Gasteiger partial charge in [-0.05, 0) is 26.2 Å². The molecule has 0 aliphatic carbocycles. The summed E-state index contributed by atoms with van der Waals surface area (Å²) >= 11 is 0. The van der Waals surface area contributed by atoms with Crippen molar-refractivity contribution < 1.29 is 9.59 Å². The molecule has 1 rings (SSSR count). The molecule has 0 spiro atoms. The number of nitrogens with one attached hydrogen (secondary N) is 1. The number of unbranched alkanes of at least 4 members (excludes halogenated alkanes) is 1. The first-order chi connectivity index (χ1) is 10.9. The molecule has 1 heterocycles. The Kier molecular flexibility index (Phi) is 8.47. The Bertz CT molecular complexity index is 498. The van der Waals surface area contributed by atoms with Crippen LogP contribution < -0.4 is 11.1 Å².